The molecule has 1 fully saturated rings. The van der Waals surface area contributed by atoms with Crippen LogP contribution in [0.1, 0.15) is 33.6 Å². The Hall–Kier alpha value is -4.10. The Kier molecular flexibility index (Phi) is 8.97. The van der Waals surface area contributed by atoms with Gasteiger partial charge in [0.15, 0.2) is 0 Å². The van der Waals surface area contributed by atoms with Crippen LogP contribution in [0.5, 0.6) is 5.75 Å². The summed E-state index contributed by atoms with van der Waals surface area (Å²) in [5, 5.41) is 2.72. The molecule has 3 atom stereocenters. The van der Waals surface area contributed by atoms with E-state index in [9.17, 15) is 24.0 Å². The van der Waals surface area contributed by atoms with Gasteiger partial charge in [0.25, 0.3) is 0 Å². The van der Waals surface area contributed by atoms with Crippen LogP contribution in [0, 0.1) is 5.92 Å². The van der Waals surface area contributed by atoms with Crippen LogP contribution in [0.4, 0.5) is 11.4 Å². The first kappa shape index (κ1) is 31.9. The Morgan fingerprint density at radius 2 is 1.67 bits per heavy atom. The number of benzene rings is 3. The standard InChI is InChI=1S/C32H25Cl2N3O7S2/c1-3-44-31(41)16-7-9-17(10-8-16)35-22(38)15-36-30-27(46-32(36)42)23(20-5-4-6-21(33)25(20)34)24-26(45-30)29(40)37(28(24)39)18-11-13-19(43-2)14-12-18/h4-14,23-24,26H,3,15H2,1-2H3,(H,35,38)/t23-,24-,26+/m0/s1. The number of esters is 1. The lowest BCUT2D eigenvalue weighted by molar-refractivity contribution is -0.122. The fourth-order valence-corrected chi connectivity index (χ4v) is 8.77. The summed E-state index contributed by atoms with van der Waals surface area (Å²) in [7, 11) is 1.52. The number of anilines is 2. The molecule has 2 aliphatic rings. The van der Waals surface area contributed by atoms with Gasteiger partial charge in [-0.2, -0.15) is 0 Å². The van der Waals surface area contributed by atoms with Crippen molar-refractivity contribution in [1.82, 2.24) is 4.57 Å². The van der Waals surface area contributed by atoms with Gasteiger partial charge in [0.05, 0.1) is 46.0 Å². The lowest BCUT2D eigenvalue weighted by Gasteiger charge is -2.31. The predicted octanol–water partition coefficient (Wildman–Crippen LogP) is 5.84. The van der Waals surface area contributed by atoms with Crippen molar-refractivity contribution < 1.29 is 28.7 Å². The Morgan fingerprint density at radius 1 is 0.957 bits per heavy atom. The first-order chi connectivity index (χ1) is 22.1. The van der Waals surface area contributed by atoms with Crippen LogP contribution < -0.4 is 19.8 Å². The van der Waals surface area contributed by atoms with Gasteiger partial charge < -0.3 is 14.8 Å². The molecule has 3 amide bonds. The van der Waals surface area contributed by atoms with E-state index >= 15 is 0 Å². The van der Waals surface area contributed by atoms with Crippen molar-refractivity contribution in [3.63, 3.8) is 0 Å². The van der Waals surface area contributed by atoms with Gasteiger partial charge >= 0.3 is 10.8 Å². The minimum atomic E-state index is -0.902. The van der Waals surface area contributed by atoms with Crippen molar-refractivity contribution in [3.05, 3.63) is 102 Å². The number of thiazole rings is 1. The minimum Gasteiger partial charge on any atom is -0.497 e. The maximum Gasteiger partial charge on any atom is 0.338 e. The molecule has 0 bridgehead atoms. The van der Waals surface area contributed by atoms with Gasteiger partial charge in [-0.1, -0.05) is 58.4 Å². The average molecular weight is 699 g/mol. The highest BCUT2D eigenvalue weighted by Crippen LogP contribution is 2.55. The Balaban J connectivity index is 1.35. The highest BCUT2D eigenvalue weighted by molar-refractivity contribution is 8.00. The molecule has 14 heteroatoms. The molecule has 46 heavy (non-hydrogen) atoms. The maximum atomic E-state index is 14.1. The number of hydrogen-bond donors (Lipinski definition) is 1. The fraction of sp³-hybridized carbons (Fsp3) is 0.219. The van der Waals surface area contributed by atoms with Gasteiger partial charge in [-0.25, -0.2) is 9.69 Å². The van der Waals surface area contributed by atoms with Crippen LogP contribution >= 0.6 is 46.3 Å². The van der Waals surface area contributed by atoms with Gasteiger partial charge in [0, 0.05) is 16.5 Å². The molecule has 0 radical (unpaired) electrons. The number of imide groups is 1. The van der Waals surface area contributed by atoms with E-state index in [-0.39, 0.29) is 23.2 Å². The van der Waals surface area contributed by atoms with Crippen LogP contribution in [0.25, 0.3) is 0 Å². The molecule has 1 N–H and O–H groups in total. The van der Waals surface area contributed by atoms with Gasteiger partial charge in [-0.05, 0) is 67.1 Å². The number of carbonyl (C=O) groups excluding carboxylic acids is 4. The van der Waals surface area contributed by atoms with E-state index in [1.54, 1.807) is 61.5 Å². The first-order valence-electron chi connectivity index (χ1n) is 14.1. The highest BCUT2D eigenvalue weighted by Gasteiger charge is 2.57. The topological polar surface area (TPSA) is 124 Å². The summed E-state index contributed by atoms with van der Waals surface area (Å²) in [5.74, 6) is -2.96. The van der Waals surface area contributed by atoms with Crippen molar-refractivity contribution in [1.29, 1.82) is 0 Å². The molecular formula is C32H25Cl2N3O7S2. The summed E-state index contributed by atoms with van der Waals surface area (Å²) in [6.45, 7) is 1.59. The van der Waals surface area contributed by atoms with E-state index in [1.807, 2.05) is 0 Å². The van der Waals surface area contributed by atoms with Crippen LogP contribution in [-0.2, 0) is 25.7 Å². The Morgan fingerprint density at radius 3 is 2.35 bits per heavy atom. The molecule has 236 valence electrons. The summed E-state index contributed by atoms with van der Waals surface area (Å²) >= 11 is 15.1. The van der Waals surface area contributed by atoms with Crippen molar-refractivity contribution >= 4 is 81.4 Å². The summed E-state index contributed by atoms with van der Waals surface area (Å²) in [6, 6.07) is 17.8. The SMILES string of the molecule is CCOC(=O)c1ccc(NC(=O)Cn2c3c(sc2=O)[C@@H](c2cccc(Cl)c2Cl)[C@@H]2C(=O)N(c4ccc(OC)cc4)C(=O)[C@@H]2S3)cc1. The third kappa shape index (κ3) is 5.70. The first-order valence-corrected chi connectivity index (χ1v) is 16.5. The van der Waals surface area contributed by atoms with E-state index in [4.69, 9.17) is 32.7 Å². The number of nitrogens with zero attached hydrogens (tertiary/aromatic N) is 2. The molecule has 6 rings (SSSR count). The molecule has 1 aromatic heterocycles. The lowest BCUT2D eigenvalue weighted by atomic mass is 9.83. The molecule has 0 spiro atoms. The van der Waals surface area contributed by atoms with Crippen molar-refractivity contribution in [2.45, 2.75) is 29.7 Å². The molecule has 0 saturated carbocycles. The number of nitrogens with one attached hydrogen (secondary N) is 1. The number of methoxy groups -OCH3 is 1. The number of hydrogen-bond acceptors (Lipinski definition) is 9. The number of ether oxygens (including phenoxy) is 2. The highest BCUT2D eigenvalue weighted by atomic mass is 35.5. The molecule has 3 heterocycles. The molecular weight excluding hydrogens is 673 g/mol. The molecule has 0 unspecified atom stereocenters. The minimum absolute atomic E-state index is 0.213. The molecule has 2 aliphatic heterocycles. The third-order valence-corrected chi connectivity index (χ3v) is 11.1. The normalized spacial score (nSPS) is 18.6. The fourth-order valence-electron chi connectivity index (χ4n) is 5.59. The van der Waals surface area contributed by atoms with Crippen LogP contribution in [0.3, 0.4) is 0 Å². The molecule has 3 aromatic carbocycles. The quantitative estimate of drug-likeness (QED) is 0.180. The van der Waals surface area contributed by atoms with Crippen molar-refractivity contribution in [2.24, 2.45) is 5.92 Å². The van der Waals surface area contributed by atoms with Crippen molar-refractivity contribution in [3.8, 4) is 5.75 Å². The van der Waals surface area contributed by atoms with Gasteiger partial charge in [0.1, 0.15) is 17.5 Å². The summed E-state index contributed by atoms with van der Waals surface area (Å²) in [4.78, 5) is 67.8. The summed E-state index contributed by atoms with van der Waals surface area (Å²) in [5.41, 5.74) is 1.64. The van der Waals surface area contributed by atoms with Crippen LogP contribution in [-0.4, -0.2) is 47.2 Å². The second kappa shape index (κ2) is 13.0. The number of halogens is 2. The van der Waals surface area contributed by atoms with Crippen molar-refractivity contribution in [2.75, 3.05) is 23.9 Å². The Bertz CT molecular complexity index is 1930. The second-order valence-corrected chi connectivity index (χ2v) is 13.3. The van der Waals surface area contributed by atoms with Crippen LogP contribution in [0.15, 0.2) is 76.6 Å². The molecule has 4 aromatic rings. The smallest absolute Gasteiger partial charge is 0.338 e. The van der Waals surface area contributed by atoms with E-state index in [0.29, 0.717) is 38.2 Å². The average Bonchev–Trinajstić information content (AvgIpc) is 3.49. The third-order valence-electron chi connectivity index (χ3n) is 7.68. The molecule has 1 saturated heterocycles. The Labute approximate surface area is 281 Å². The van der Waals surface area contributed by atoms with Gasteiger partial charge in [-0.15, -0.1) is 0 Å². The number of aromatic nitrogens is 1. The van der Waals surface area contributed by atoms with Crippen LogP contribution in [0.2, 0.25) is 10.0 Å². The predicted molar refractivity (Wildman–Crippen MR) is 177 cm³/mol. The number of carbonyl (C=O) groups is 4. The van der Waals surface area contributed by atoms with Gasteiger partial charge in [0.2, 0.25) is 17.7 Å². The lowest BCUT2D eigenvalue weighted by Crippen LogP contribution is -2.33. The maximum absolute atomic E-state index is 14.1. The largest absolute Gasteiger partial charge is 0.497 e. The molecule has 0 aliphatic carbocycles. The molecule has 10 nitrogen and oxygen atoms in total. The zero-order valence-electron chi connectivity index (χ0n) is 24.3. The van der Waals surface area contributed by atoms with E-state index < -0.39 is 45.6 Å². The number of amides is 3. The van der Waals surface area contributed by atoms with E-state index in [2.05, 4.69) is 5.32 Å². The zero-order valence-corrected chi connectivity index (χ0v) is 27.5. The monoisotopic (exact) mass is 697 g/mol. The van der Waals surface area contributed by atoms with E-state index in [0.717, 1.165) is 28.0 Å². The van der Waals surface area contributed by atoms with E-state index in [1.165, 1.54) is 23.8 Å². The summed E-state index contributed by atoms with van der Waals surface area (Å²) in [6.07, 6.45) is 0. The summed E-state index contributed by atoms with van der Waals surface area (Å²) < 4.78 is 11.5. The zero-order chi connectivity index (χ0) is 32.7. The number of fused-ring (bicyclic) bond motifs is 2. The number of rotatable bonds is 8. The number of thioether (sulfide) groups is 1. The second-order valence-electron chi connectivity index (χ2n) is 10.4. The van der Waals surface area contributed by atoms with Gasteiger partial charge in [-0.3, -0.25) is 23.7 Å².